The molecule has 4 heteroatoms. The molecule has 1 aromatic heterocycles. The molecule has 0 saturated carbocycles. The van der Waals surface area contributed by atoms with Crippen molar-refractivity contribution in [2.45, 2.75) is 25.3 Å². The Bertz CT molecular complexity index is 577. The molecule has 1 atom stereocenters. The summed E-state index contributed by atoms with van der Waals surface area (Å²) in [4.78, 5) is 4.28. The Morgan fingerprint density at radius 3 is 3.16 bits per heavy atom. The van der Waals surface area contributed by atoms with Crippen LogP contribution in [0, 0.1) is 0 Å². The molecule has 0 amide bonds. The molecule has 100 valence electrons. The second-order valence-corrected chi connectivity index (χ2v) is 5.06. The van der Waals surface area contributed by atoms with Gasteiger partial charge in [0.2, 0.25) is 0 Å². The van der Waals surface area contributed by atoms with Gasteiger partial charge < -0.3 is 15.0 Å². The standard InChI is InChI=1S/C15H19N3O/c1-18-8-7-17-15(18)6-9-19-12-3-4-13-11(10-12)2-5-14(13)16/h3-4,7-8,10,14H,2,5-6,9,16H2,1H3/t14-/m1/s1. The van der Waals surface area contributed by atoms with E-state index in [1.807, 2.05) is 30.1 Å². The van der Waals surface area contributed by atoms with Gasteiger partial charge in [0.1, 0.15) is 11.6 Å². The molecule has 19 heavy (non-hydrogen) atoms. The van der Waals surface area contributed by atoms with Crippen LogP contribution in [0.15, 0.2) is 30.6 Å². The molecule has 1 aromatic carbocycles. The highest BCUT2D eigenvalue weighted by atomic mass is 16.5. The van der Waals surface area contributed by atoms with E-state index in [9.17, 15) is 0 Å². The Balaban J connectivity index is 1.60. The Morgan fingerprint density at radius 1 is 1.47 bits per heavy atom. The monoisotopic (exact) mass is 257 g/mol. The van der Waals surface area contributed by atoms with E-state index in [1.54, 1.807) is 0 Å². The third-order valence-corrected chi connectivity index (χ3v) is 3.75. The summed E-state index contributed by atoms with van der Waals surface area (Å²) in [5.74, 6) is 1.98. The van der Waals surface area contributed by atoms with E-state index in [0.29, 0.717) is 6.61 Å². The first kappa shape index (κ1) is 12.2. The Kier molecular flexibility index (Phi) is 3.25. The number of hydrogen-bond donors (Lipinski definition) is 1. The van der Waals surface area contributed by atoms with Crippen LogP contribution in [-0.4, -0.2) is 16.2 Å². The zero-order valence-electron chi connectivity index (χ0n) is 11.2. The highest BCUT2D eigenvalue weighted by molar-refractivity contribution is 5.40. The molecule has 1 heterocycles. The normalized spacial score (nSPS) is 17.5. The Hall–Kier alpha value is -1.81. The molecule has 0 spiro atoms. The van der Waals surface area contributed by atoms with Gasteiger partial charge in [-0.15, -0.1) is 0 Å². The largest absolute Gasteiger partial charge is 0.493 e. The third kappa shape index (κ3) is 2.49. The minimum atomic E-state index is 0.205. The van der Waals surface area contributed by atoms with Crippen molar-refractivity contribution in [3.8, 4) is 5.75 Å². The van der Waals surface area contributed by atoms with Crippen LogP contribution in [0.1, 0.15) is 29.4 Å². The fourth-order valence-corrected chi connectivity index (χ4v) is 2.61. The lowest BCUT2D eigenvalue weighted by Crippen LogP contribution is -2.07. The molecule has 3 rings (SSSR count). The fraction of sp³-hybridized carbons (Fsp3) is 0.400. The van der Waals surface area contributed by atoms with Gasteiger partial charge in [0, 0.05) is 31.9 Å². The van der Waals surface area contributed by atoms with Crippen LogP contribution < -0.4 is 10.5 Å². The fourth-order valence-electron chi connectivity index (χ4n) is 2.61. The minimum Gasteiger partial charge on any atom is -0.493 e. The summed E-state index contributed by atoms with van der Waals surface area (Å²) in [6, 6.07) is 6.45. The van der Waals surface area contributed by atoms with Gasteiger partial charge in [-0.05, 0) is 36.1 Å². The maximum Gasteiger partial charge on any atom is 0.119 e. The molecule has 4 nitrogen and oxygen atoms in total. The summed E-state index contributed by atoms with van der Waals surface area (Å²) in [5.41, 5.74) is 8.64. The summed E-state index contributed by atoms with van der Waals surface area (Å²) in [5, 5.41) is 0. The topological polar surface area (TPSA) is 53.1 Å². The molecule has 1 aliphatic carbocycles. The average molecular weight is 257 g/mol. The number of hydrogen-bond acceptors (Lipinski definition) is 3. The molecule has 0 aliphatic heterocycles. The van der Waals surface area contributed by atoms with Crippen molar-refractivity contribution in [3.05, 3.63) is 47.5 Å². The van der Waals surface area contributed by atoms with Gasteiger partial charge in [0.25, 0.3) is 0 Å². The smallest absolute Gasteiger partial charge is 0.119 e. The van der Waals surface area contributed by atoms with Gasteiger partial charge in [-0.2, -0.15) is 0 Å². The summed E-state index contributed by atoms with van der Waals surface area (Å²) in [6.07, 6.45) is 6.69. The first-order valence-corrected chi connectivity index (χ1v) is 6.71. The van der Waals surface area contributed by atoms with E-state index in [-0.39, 0.29) is 6.04 Å². The van der Waals surface area contributed by atoms with E-state index in [4.69, 9.17) is 10.5 Å². The van der Waals surface area contributed by atoms with Crippen LogP contribution in [0.25, 0.3) is 0 Å². The first-order valence-electron chi connectivity index (χ1n) is 6.71. The molecule has 0 fully saturated rings. The maximum atomic E-state index is 6.03. The summed E-state index contributed by atoms with van der Waals surface area (Å²) >= 11 is 0. The predicted octanol–water partition coefficient (Wildman–Crippen LogP) is 1.99. The van der Waals surface area contributed by atoms with Crippen LogP contribution in [0.3, 0.4) is 0 Å². The predicted molar refractivity (Wildman–Crippen MR) is 74.1 cm³/mol. The number of ether oxygens (including phenoxy) is 1. The average Bonchev–Trinajstić information content (AvgIpc) is 2.97. The Labute approximate surface area is 113 Å². The van der Waals surface area contributed by atoms with Crippen molar-refractivity contribution in [2.75, 3.05) is 6.61 Å². The van der Waals surface area contributed by atoms with Crippen molar-refractivity contribution >= 4 is 0 Å². The van der Waals surface area contributed by atoms with Crippen LogP contribution >= 0.6 is 0 Å². The van der Waals surface area contributed by atoms with Gasteiger partial charge in [-0.25, -0.2) is 4.98 Å². The lowest BCUT2D eigenvalue weighted by molar-refractivity contribution is 0.317. The Morgan fingerprint density at radius 2 is 2.37 bits per heavy atom. The number of nitrogens with two attached hydrogens (primary N) is 1. The van der Waals surface area contributed by atoms with Crippen molar-refractivity contribution in [1.29, 1.82) is 0 Å². The van der Waals surface area contributed by atoms with Crippen LogP contribution in [0.4, 0.5) is 0 Å². The zero-order valence-corrected chi connectivity index (χ0v) is 11.2. The zero-order chi connectivity index (χ0) is 13.2. The number of rotatable bonds is 4. The van der Waals surface area contributed by atoms with E-state index in [1.165, 1.54) is 11.1 Å². The minimum absolute atomic E-state index is 0.205. The summed E-state index contributed by atoms with van der Waals surface area (Å²) < 4.78 is 7.82. The van der Waals surface area contributed by atoms with E-state index in [2.05, 4.69) is 17.1 Å². The van der Waals surface area contributed by atoms with Crippen LogP contribution in [-0.2, 0) is 19.9 Å². The molecule has 0 saturated heterocycles. The van der Waals surface area contributed by atoms with E-state index in [0.717, 1.165) is 30.8 Å². The van der Waals surface area contributed by atoms with Gasteiger partial charge in [-0.3, -0.25) is 0 Å². The molecule has 0 radical (unpaired) electrons. The number of nitrogens with zero attached hydrogens (tertiary/aromatic N) is 2. The highest BCUT2D eigenvalue weighted by Gasteiger charge is 2.18. The number of aryl methyl sites for hydroxylation is 2. The maximum absolute atomic E-state index is 6.03. The highest BCUT2D eigenvalue weighted by Crippen LogP contribution is 2.31. The molecule has 0 unspecified atom stereocenters. The van der Waals surface area contributed by atoms with Crippen molar-refractivity contribution < 1.29 is 4.74 Å². The molecule has 1 aliphatic rings. The first-order chi connectivity index (χ1) is 9.24. The summed E-state index contributed by atoms with van der Waals surface area (Å²) in [6.45, 7) is 0.649. The van der Waals surface area contributed by atoms with Crippen molar-refractivity contribution in [3.63, 3.8) is 0 Å². The second kappa shape index (κ2) is 5.05. The van der Waals surface area contributed by atoms with Crippen LogP contribution in [0.2, 0.25) is 0 Å². The lowest BCUT2D eigenvalue weighted by atomic mass is 10.1. The molecule has 2 N–H and O–H groups in total. The van der Waals surface area contributed by atoms with Crippen LogP contribution in [0.5, 0.6) is 5.75 Å². The van der Waals surface area contributed by atoms with Crippen molar-refractivity contribution in [1.82, 2.24) is 9.55 Å². The molecular formula is C15H19N3O. The molecular weight excluding hydrogens is 238 g/mol. The third-order valence-electron chi connectivity index (χ3n) is 3.75. The number of aromatic nitrogens is 2. The van der Waals surface area contributed by atoms with E-state index < -0.39 is 0 Å². The van der Waals surface area contributed by atoms with Gasteiger partial charge in [-0.1, -0.05) is 6.07 Å². The van der Waals surface area contributed by atoms with Gasteiger partial charge in [0.05, 0.1) is 6.61 Å². The second-order valence-electron chi connectivity index (χ2n) is 5.06. The van der Waals surface area contributed by atoms with Gasteiger partial charge >= 0.3 is 0 Å². The quantitative estimate of drug-likeness (QED) is 0.911. The summed E-state index contributed by atoms with van der Waals surface area (Å²) in [7, 11) is 2.00. The molecule has 2 aromatic rings. The van der Waals surface area contributed by atoms with Crippen molar-refractivity contribution in [2.24, 2.45) is 12.8 Å². The van der Waals surface area contributed by atoms with E-state index >= 15 is 0 Å². The number of imidazole rings is 1. The molecule has 0 bridgehead atoms. The van der Waals surface area contributed by atoms with Gasteiger partial charge in [0.15, 0.2) is 0 Å². The number of fused-ring (bicyclic) bond motifs is 1. The SMILES string of the molecule is Cn1ccnc1CCOc1ccc2c(c1)CC[C@H]2N. The lowest BCUT2D eigenvalue weighted by Gasteiger charge is -2.09. The number of benzene rings is 1.